The van der Waals surface area contributed by atoms with Crippen LogP contribution in [0.5, 0.6) is 0 Å². The highest BCUT2D eigenvalue weighted by molar-refractivity contribution is 7.98. The summed E-state index contributed by atoms with van der Waals surface area (Å²) in [6, 6.07) is 31.5. The Bertz CT molecular complexity index is 1640. The number of benzene rings is 4. The first-order valence-corrected chi connectivity index (χ1v) is 15.3. The fraction of sp³-hybridized carbons (Fsp3) is 0.182. The van der Waals surface area contributed by atoms with Crippen molar-refractivity contribution in [2.75, 3.05) is 12.5 Å². The molecule has 0 bridgehead atoms. The van der Waals surface area contributed by atoms with Gasteiger partial charge in [0.15, 0.2) is 0 Å². The van der Waals surface area contributed by atoms with Gasteiger partial charge in [0.25, 0.3) is 0 Å². The summed E-state index contributed by atoms with van der Waals surface area (Å²) in [6.45, 7) is 4.05. The maximum atomic E-state index is 12.6. The molecule has 1 aromatic heterocycles. The molecule has 0 saturated heterocycles. The molecule has 1 N–H and O–H groups in total. The number of nitrogens with zero attached hydrogens (tertiary/aromatic N) is 1. The Kier molecular flexibility index (Phi) is 7.53. The molecule has 1 unspecified atom stereocenters. The second-order valence-corrected chi connectivity index (χ2v) is 12.7. The van der Waals surface area contributed by atoms with E-state index in [1.165, 1.54) is 4.90 Å². The van der Waals surface area contributed by atoms with Gasteiger partial charge in [0.1, 0.15) is 0 Å². The van der Waals surface area contributed by atoms with Crippen LogP contribution in [0, 0.1) is 0 Å². The van der Waals surface area contributed by atoms with Crippen molar-refractivity contribution in [1.82, 2.24) is 4.98 Å². The maximum Gasteiger partial charge on any atom is 0.0780 e. The Labute approximate surface area is 231 Å². The number of rotatable bonds is 7. The summed E-state index contributed by atoms with van der Waals surface area (Å²) < 4.78 is 12.1. The molecular formula is C33H31NO2S2. The van der Waals surface area contributed by atoms with Crippen LogP contribution < -0.4 is 0 Å². The summed E-state index contributed by atoms with van der Waals surface area (Å²) in [5.74, 6) is 0. The van der Waals surface area contributed by atoms with E-state index in [0.717, 1.165) is 55.4 Å². The molecule has 4 aromatic carbocycles. The van der Waals surface area contributed by atoms with Crippen LogP contribution in [0.1, 0.15) is 25.0 Å². The average Bonchev–Trinajstić information content (AvgIpc) is 2.96. The van der Waals surface area contributed by atoms with Gasteiger partial charge in [0.2, 0.25) is 0 Å². The smallest absolute Gasteiger partial charge is 0.0780 e. The van der Waals surface area contributed by atoms with Crippen molar-refractivity contribution in [1.29, 1.82) is 0 Å². The second kappa shape index (κ2) is 10.9. The minimum Gasteiger partial charge on any atom is -0.392 e. The van der Waals surface area contributed by atoms with Gasteiger partial charge in [-0.3, -0.25) is 9.19 Å². The molecule has 192 valence electrons. The quantitative estimate of drug-likeness (QED) is 0.213. The number of aliphatic hydroxyl groups is 1. The summed E-state index contributed by atoms with van der Waals surface area (Å²) in [4.78, 5) is 5.94. The Hall–Kier alpha value is -3.25. The molecule has 0 aliphatic rings. The molecule has 0 aliphatic carbocycles. The number of thioether (sulfide) groups is 1. The maximum absolute atomic E-state index is 12.6. The van der Waals surface area contributed by atoms with Crippen molar-refractivity contribution in [3.05, 3.63) is 108 Å². The third-order valence-corrected chi connectivity index (χ3v) is 9.69. The van der Waals surface area contributed by atoms with Gasteiger partial charge in [0.05, 0.1) is 16.9 Å². The van der Waals surface area contributed by atoms with Crippen LogP contribution in [-0.2, 0) is 22.2 Å². The summed E-state index contributed by atoms with van der Waals surface area (Å²) in [5, 5.41) is 10.9. The lowest BCUT2D eigenvalue weighted by atomic mass is 9.89. The van der Waals surface area contributed by atoms with Gasteiger partial charge in [-0.15, -0.1) is 11.8 Å². The molecule has 0 amide bonds. The first-order chi connectivity index (χ1) is 18.3. The fourth-order valence-electron chi connectivity index (χ4n) is 4.73. The molecule has 0 fully saturated rings. The van der Waals surface area contributed by atoms with Gasteiger partial charge >= 0.3 is 0 Å². The number of hydrogen-bond acceptors (Lipinski definition) is 4. The third-order valence-electron chi connectivity index (χ3n) is 7.27. The van der Waals surface area contributed by atoms with Gasteiger partial charge in [-0.25, -0.2) is 0 Å². The van der Waals surface area contributed by atoms with Crippen LogP contribution in [-0.4, -0.2) is 26.8 Å². The van der Waals surface area contributed by atoms with Crippen LogP contribution >= 0.6 is 11.8 Å². The number of hydrogen-bond donors (Lipinski definition) is 1. The summed E-state index contributed by atoms with van der Waals surface area (Å²) in [7, 11) is -1.04. The Morgan fingerprint density at radius 2 is 1.55 bits per heavy atom. The van der Waals surface area contributed by atoms with Crippen LogP contribution in [0.2, 0.25) is 0 Å². The molecule has 0 aliphatic heterocycles. The van der Waals surface area contributed by atoms with E-state index < -0.39 is 15.5 Å². The van der Waals surface area contributed by atoms with Crippen LogP contribution in [0.15, 0.2) is 102 Å². The second-order valence-electron chi connectivity index (χ2n) is 9.91. The zero-order chi connectivity index (χ0) is 26.9. The van der Waals surface area contributed by atoms with Crippen LogP contribution in [0.3, 0.4) is 0 Å². The normalized spacial score (nSPS) is 12.6. The molecule has 0 radical (unpaired) electrons. The molecule has 38 heavy (non-hydrogen) atoms. The van der Waals surface area contributed by atoms with Crippen LogP contribution in [0.4, 0.5) is 0 Å². The van der Waals surface area contributed by atoms with Gasteiger partial charge in [0, 0.05) is 39.1 Å². The lowest BCUT2D eigenvalue weighted by molar-refractivity contribution is 0.282. The van der Waals surface area contributed by atoms with Gasteiger partial charge in [-0.2, -0.15) is 0 Å². The van der Waals surface area contributed by atoms with E-state index in [1.807, 2.05) is 32.2 Å². The third kappa shape index (κ3) is 5.06. The monoisotopic (exact) mass is 537 g/mol. The van der Waals surface area contributed by atoms with E-state index in [-0.39, 0.29) is 6.61 Å². The van der Waals surface area contributed by atoms with E-state index in [9.17, 15) is 9.32 Å². The predicted octanol–water partition coefficient (Wildman–Crippen LogP) is 8.06. The standard InChI is InChI=1S/C33H31NO2S2/c1-33(2,38(4)36)27-19-26-9-6-16-34-32(26)31(20-27)25-8-5-7-24(18-25)29-15-10-22(21-35)17-30(29)23-11-13-28(37-3)14-12-23/h5-20,35H,21H2,1-4H3. The van der Waals surface area contributed by atoms with Gasteiger partial charge in [-0.1, -0.05) is 48.5 Å². The summed E-state index contributed by atoms with van der Waals surface area (Å²) >= 11 is 1.72. The van der Waals surface area contributed by atoms with Crippen molar-refractivity contribution in [2.24, 2.45) is 0 Å². The fourth-order valence-corrected chi connectivity index (χ4v) is 5.59. The molecule has 1 atom stereocenters. The molecule has 5 heteroatoms. The molecule has 0 saturated carbocycles. The van der Waals surface area contributed by atoms with Gasteiger partial charge < -0.3 is 5.11 Å². The van der Waals surface area contributed by atoms with Crippen LogP contribution in [0.25, 0.3) is 44.3 Å². The van der Waals surface area contributed by atoms with E-state index in [4.69, 9.17) is 4.98 Å². The molecular weight excluding hydrogens is 507 g/mol. The van der Waals surface area contributed by atoms with E-state index in [2.05, 4.69) is 85.1 Å². The molecule has 5 aromatic rings. The highest BCUT2D eigenvalue weighted by atomic mass is 32.2. The molecule has 5 rings (SSSR count). The first kappa shape index (κ1) is 26.4. The minimum absolute atomic E-state index is 0.00471. The Morgan fingerprint density at radius 3 is 2.24 bits per heavy atom. The summed E-state index contributed by atoms with van der Waals surface area (Å²) in [6.07, 6.45) is 5.66. The first-order valence-electron chi connectivity index (χ1n) is 12.5. The molecule has 1 heterocycles. The van der Waals surface area contributed by atoms with Crippen molar-refractivity contribution in [3.63, 3.8) is 0 Å². The minimum atomic E-state index is -1.04. The van der Waals surface area contributed by atoms with Crippen molar-refractivity contribution in [2.45, 2.75) is 30.1 Å². The number of fused-ring (bicyclic) bond motifs is 1. The largest absolute Gasteiger partial charge is 0.392 e. The van der Waals surface area contributed by atoms with E-state index in [1.54, 1.807) is 18.0 Å². The molecule has 0 spiro atoms. The predicted molar refractivity (Wildman–Crippen MR) is 163 cm³/mol. The highest BCUT2D eigenvalue weighted by Gasteiger charge is 2.26. The lowest BCUT2D eigenvalue weighted by Gasteiger charge is -2.24. The van der Waals surface area contributed by atoms with Crippen molar-refractivity contribution < 1.29 is 9.32 Å². The number of aliphatic hydroxyl groups excluding tert-OH is 1. The van der Waals surface area contributed by atoms with Crippen molar-refractivity contribution >= 4 is 33.5 Å². The topological polar surface area (TPSA) is 50.2 Å². The highest BCUT2D eigenvalue weighted by Crippen LogP contribution is 2.39. The molecule has 3 nitrogen and oxygen atoms in total. The van der Waals surface area contributed by atoms with Gasteiger partial charge in [-0.05, 0) is 102 Å². The average molecular weight is 538 g/mol. The Morgan fingerprint density at radius 1 is 0.816 bits per heavy atom. The lowest BCUT2D eigenvalue weighted by Crippen LogP contribution is -2.22. The number of aromatic nitrogens is 1. The zero-order valence-corrected chi connectivity index (χ0v) is 23.7. The van der Waals surface area contributed by atoms with E-state index in [0.29, 0.717) is 0 Å². The zero-order valence-electron chi connectivity index (χ0n) is 22.1. The Balaban J connectivity index is 1.69. The van der Waals surface area contributed by atoms with E-state index >= 15 is 0 Å². The summed E-state index contributed by atoms with van der Waals surface area (Å²) in [5.41, 5.74) is 9.30. The van der Waals surface area contributed by atoms with Crippen molar-refractivity contribution in [3.8, 4) is 33.4 Å². The SMILES string of the molecule is CSc1ccc(-c2cc(CO)ccc2-c2cccc(-c3cc(C(C)(C)S(C)=O)cc4cccnc34)c2)cc1. The number of pyridine rings is 1.